The summed E-state index contributed by atoms with van der Waals surface area (Å²) in [5, 5.41) is 11.9. The Morgan fingerprint density at radius 1 is 1.56 bits per heavy atom. The number of nitrogens with zero attached hydrogens (tertiary/aromatic N) is 2. The van der Waals surface area contributed by atoms with Gasteiger partial charge in [0.05, 0.1) is 24.5 Å². The van der Waals surface area contributed by atoms with E-state index in [1.807, 2.05) is 0 Å². The van der Waals surface area contributed by atoms with Gasteiger partial charge < -0.3 is 15.3 Å². The Bertz CT molecular complexity index is 410. The number of carbonyl (C=O) groups is 1. The SMILES string of the molecule is O=C(Nc1ccc(F)nc1)N1CCCC[C@@H]1CO. The second-order valence-corrected chi connectivity index (χ2v) is 4.33. The fourth-order valence-electron chi connectivity index (χ4n) is 2.10. The molecule has 98 valence electrons. The summed E-state index contributed by atoms with van der Waals surface area (Å²) >= 11 is 0. The molecule has 1 aromatic rings. The lowest BCUT2D eigenvalue weighted by molar-refractivity contribution is 0.115. The highest BCUT2D eigenvalue weighted by Gasteiger charge is 2.25. The molecule has 0 unspecified atom stereocenters. The van der Waals surface area contributed by atoms with Crippen molar-refractivity contribution in [3.05, 3.63) is 24.3 Å². The van der Waals surface area contributed by atoms with Gasteiger partial charge in [-0.2, -0.15) is 4.39 Å². The van der Waals surface area contributed by atoms with Crippen LogP contribution in [0.25, 0.3) is 0 Å². The summed E-state index contributed by atoms with van der Waals surface area (Å²) in [5.74, 6) is -0.584. The first-order valence-electron chi connectivity index (χ1n) is 6.01. The van der Waals surface area contributed by atoms with Crippen molar-refractivity contribution in [3.8, 4) is 0 Å². The average Bonchev–Trinajstić information content (AvgIpc) is 2.41. The number of urea groups is 1. The first-order chi connectivity index (χ1) is 8.70. The molecule has 2 rings (SSSR count). The number of carbonyl (C=O) groups excluding carboxylic acids is 1. The van der Waals surface area contributed by atoms with Crippen molar-refractivity contribution in [2.75, 3.05) is 18.5 Å². The lowest BCUT2D eigenvalue weighted by Crippen LogP contribution is -2.47. The largest absolute Gasteiger partial charge is 0.394 e. The summed E-state index contributed by atoms with van der Waals surface area (Å²) in [7, 11) is 0. The number of amides is 2. The first kappa shape index (κ1) is 12.8. The summed E-state index contributed by atoms with van der Waals surface area (Å²) in [6.45, 7) is 0.598. The second-order valence-electron chi connectivity index (χ2n) is 4.33. The van der Waals surface area contributed by atoms with E-state index in [2.05, 4.69) is 10.3 Å². The highest BCUT2D eigenvalue weighted by molar-refractivity contribution is 5.89. The van der Waals surface area contributed by atoms with Gasteiger partial charge in [-0.05, 0) is 31.4 Å². The molecule has 0 saturated carbocycles. The van der Waals surface area contributed by atoms with Crippen molar-refractivity contribution < 1.29 is 14.3 Å². The van der Waals surface area contributed by atoms with Crippen molar-refractivity contribution in [1.82, 2.24) is 9.88 Å². The number of piperidine rings is 1. The Balaban J connectivity index is 2.00. The number of hydrogen-bond donors (Lipinski definition) is 2. The van der Waals surface area contributed by atoms with Crippen LogP contribution in [0.5, 0.6) is 0 Å². The van der Waals surface area contributed by atoms with E-state index < -0.39 is 5.95 Å². The minimum Gasteiger partial charge on any atom is -0.394 e. The predicted octanol–water partition coefficient (Wildman–Crippen LogP) is 1.60. The summed E-state index contributed by atoms with van der Waals surface area (Å²) in [6.07, 6.45) is 4.04. The van der Waals surface area contributed by atoms with Crippen molar-refractivity contribution in [2.45, 2.75) is 25.3 Å². The van der Waals surface area contributed by atoms with Crippen molar-refractivity contribution in [2.24, 2.45) is 0 Å². The maximum atomic E-state index is 12.6. The van der Waals surface area contributed by atoms with E-state index >= 15 is 0 Å². The standard InChI is InChI=1S/C12H16FN3O2/c13-11-5-4-9(7-14-11)15-12(18)16-6-2-1-3-10(16)8-17/h4-5,7,10,17H,1-3,6,8H2,(H,15,18)/t10-/m1/s1. The van der Waals surface area contributed by atoms with Gasteiger partial charge in [-0.3, -0.25) is 0 Å². The topological polar surface area (TPSA) is 65.5 Å². The number of hydrogen-bond acceptors (Lipinski definition) is 3. The number of likely N-dealkylation sites (tertiary alicyclic amines) is 1. The smallest absolute Gasteiger partial charge is 0.322 e. The van der Waals surface area contributed by atoms with E-state index in [4.69, 9.17) is 0 Å². The van der Waals surface area contributed by atoms with E-state index in [-0.39, 0.29) is 18.7 Å². The van der Waals surface area contributed by atoms with E-state index in [1.165, 1.54) is 18.3 Å². The zero-order valence-electron chi connectivity index (χ0n) is 9.97. The van der Waals surface area contributed by atoms with E-state index in [0.29, 0.717) is 12.2 Å². The molecule has 0 aliphatic carbocycles. The number of nitrogens with one attached hydrogen (secondary N) is 1. The van der Waals surface area contributed by atoms with Gasteiger partial charge in [0.25, 0.3) is 0 Å². The average molecular weight is 253 g/mol. The first-order valence-corrected chi connectivity index (χ1v) is 6.01. The molecule has 18 heavy (non-hydrogen) atoms. The molecule has 0 spiro atoms. The van der Waals surface area contributed by atoms with Crippen molar-refractivity contribution in [3.63, 3.8) is 0 Å². The molecule has 0 bridgehead atoms. The Kier molecular flexibility index (Phi) is 4.09. The zero-order chi connectivity index (χ0) is 13.0. The molecule has 1 aromatic heterocycles. The van der Waals surface area contributed by atoms with E-state index in [9.17, 15) is 14.3 Å². The van der Waals surface area contributed by atoms with Crippen LogP contribution < -0.4 is 5.32 Å². The second kappa shape index (κ2) is 5.77. The van der Waals surface area contributed by atoms with Crippen LogP contribution >= 0.6 is 0 Å². The van der Waals surface area contributed by atoms with Crippen LogP contribution in [0.4, 0.5) is 14.9 Å². The zero-order valence-corrected chi connectivity index (χ0v) is 9.97. The molecule has 2 amide bonds. The summed E-state index contributed by atoms with van der Waals surface area (Å²) in [5.41, 5.74) is 0.448. The number of pyridine rings is 1. The number of rotatable bonds is 2. The molecule has 1 fully saturated rings. The van der Waals surface area contributed by atoms with Gasteiger partial charge in [0.15, 0.2) is 0 Å². The monoisotopic (exact) mass is 253 g/mol. The third-order valence-electron chi connectivity index (χ3n) is 3.08. The molecule has 6 heteroatoms. The Morgan fingerprint density at radius 2 is 2.39 bits per heavy atom. The highest BCUT2D eigenvalue weighted by Crippen LogP contribution is 2.18. The van der Waals surface area contributed by atoms with Gasteiger partial charge in [0.2, 0.25) is 5.95 Å². The molecule has 0 radical (unpaired) electrons. The summed E-state index contributed by atoms with van der Waals surface area (Å²) in [6, 6.07) is 2.24. The molecule has 5 nitrogen and oxygen atoms in total. The van der Waals surface area contributed by atoms with Gasteiger partial charge in [-0.15, -0.1) is 0 Å². The van der Waals surface area contributed by atoms with Crippen LogP contribution in [0.2, 0.25) is 0 Å². The number of aliphatic hydroxyl groups excluding tert-OH is 1. The van der Waals surface area contributed by atoms with Crippen LogP contribution in [-0.4, -0.2) is 40.2 Å². The molecular formula is C12H16FN3O2. The molecule has 1 aliphatic rings. The summed E-state index contributed by atoms with van der Waals surface area (Å²) < 4.78 is 12.6. The van der Waals surface area contributed by atoms with Crippen LogP contribution in [-0.2, 0) is 0 Å². The lowest BCUT2D eigenvalue weighted by atomic mass is 10.0. The van der Waals surface area contributed by atoms with Crippen LogP contribution in [0, 0.1) is 5.95 Å². The summed E-state index contributed by atoms with van der Waals surface area (Å²) in [4.78, 5) is 17.1. The molecule has 1 saturated heterocycles. The Morgan fingerprint density at radius 3 is 3.06 bits per heavy atom. The molecule has 0 aromatic carbocycles. The van der Waals surface area contributed by atoms with Crippen LogP contribution in [0.15, 0.2) is 18.3 Å². The molecule has 1 aliphatic heterocycles. The lowest BCUT2D eigenvalue weighted by Gasteiger charge is -2.34. The number of aliphatic hydroxyl groups is 1. The van der Waals surface area contributed by atoms with Crippen molar-refractivity contribution >= 4 is 11.7 Å². The maximum absolute atomic E-state index is 12.6. The number of halogens is 1. The highest BCUT2D eigenvalue weighted by atomic mass is 19.1. The quantitative estimate of drug-likeness (QED) is 0.787. The Labute approximate surface area is 105 Å². The normalized spacial score (nSPS) is 19.7. The van der Waals surface area contributed by atoms with Crippen LogP contribution in [0.1, 0.15) is 19.3 Å². The van der Waals surface area contributed by atoms with Gasteiger partial charge >= 0.3 is 6.03 Å². The molecular weight excluding hydrogens is 237 g/mol. The van der Waals surface area contributed by atoms with E-state index in [0.717, 1.165) is 19.3 Å². The van der Waals surface area contributed by atoms with Gasteiger partial charge in [0, 0.05) is 6.54 Å². The number of anilines is 1. The molecule has 2 heterocycles. The fourth-order valence-corrected chi connectivity index (χ4v) is 2.10. The molecule has 2 N–H and O–H groups in total. The third-order valence-corrected chi connectivity index (χ3v) is 3.08. The van der Waals surface area contributed by atoms with Gasteiger partial charge in [-0.25, -0.2) is 9.78 Å². The Hall–Kier alpha value is -1.69. The maximum Gasteiger partial charge on any atom is 0.322 e. The van der Waals surface area contributed by atoms with Crippen molar-refractivity contribution in [1.29, 1.82) is 0 Å². The third kappa shape index (κ3) is 2.95. The fraction of sp³-hybridized carbons (Fsp3) is 0.500. The van der Waals surface area contributed by atoms with Gasteiger partial charge in [0.1, 0.15) is 0 Å². The predicted molar refractivity (Wildman–Crippen MR) is 64.6 cm³/mol. The van der Waals surface area contributed by atoms with E-state index in [1.54, 1.807) is 4.90 Å². The van der Waals surface area contributed by atoms with Gasteiger partial charge in [-0.1, -0.05) is 0 Å². The minimum atomic E-state index is -0.584. The van der Waals surface area contributed by atoms with Crippen LogP contribution in [0.3, 0.4) is 0 Å². The molecule has 1 atom stereocenters. The number of aromatic nitrogens is 1. The minimum absolute atomic E-state index is 0.0327.